The molecule has 0 N–H and O–H groups in total. The average molecular weight is 414 g/mol. The summed E-state index contributed by atoms with van der Waals surface area (Å²) in [5.41, 5.74) is 1.90. The van der Waals surface area contributed by atoms with E-state index in [-0.39, 0.29) is 17.9 Å². The Morgan fingerprint density at radius 2 is 1.70 bits per heavy atom. The Kier molecular flexibility index (Phi) is 8.05. The van der Waals surface area contributed by atoms with Crippen LogP contribution in [0, 0.1) is 0 Å². The molecule has 2 aliphatic heterocycles. The Balaban J connectivity index is 1.77. The fourth-order valence-electron chi connectivity index (χ4n) is 4.20. The van der Waals surface area contributed by atoms with Crippen molar-refractivity contribution in [2.24, 2.45) is 0 Å². The van der Waals surface area contributed by atoms with Crippen molar-refractivity contribution in [3.05, 3.63) is 41.6 Å². The van der Waals surface area contributed by atoms with E-state index in [0.717, 1.165) is 50.9 Å². The van der Waals surface area contributed by atoms with Gasteiger partial charge in [0.25, 0.3) is 11.8 Å². The SMILES string of the molecule is CCCCOCCCN1C(=O)C(c2ccccc2)=C(N(C)C2CCN(C)CC2)C1=O. The van der Waals surface area contributed by atoms with Crippen LogP contribution in [0.4, 0.5) is 0 Å². The van der Waals surface area contributed by atoms with E-state index in [1.165, 1.54) is 4.90 Å². The summed E-state index contributed by atoms with van der Waals surface area (Å²) < 4.78 is 5.62. The Morgan fingerprint density at radius 1 is 1.03 bits per heavy atom. The van der Waals surface area contributed by atoms with Gasteiger partial charge in [0.1, 0.15) is 5.70 Å². The van der Waals surface area contributed by atoms with Crippen molar-refractivity contribution in [3.63, 3.8) is 0 Å². The first-order valence-electron chi connectivity index (χ1n) is 11.2. The highest BCUT2D eigenvalue weighted by Crippen LogP contribution is 2.33. The van der Waals surface area contributed by atoms with Crippen LogP contribution in [0.15, 0.2) is 36.0 Å². The maximum absolute atomic E-state index is 13.4. The summed E-state index contributed by atoms with van der Waals surface area (Å²) in [6.07, 6.45) is 4.78. The molecule has 0 aromatic heterocycles. The van der Waals surface area contributed by atoms with Crippen molar-refractivity contribution >= 4 is 17.4 Å². The number of ether oxygens (including phenoxy) is 1. The molecule has 1 aromatic rings. The molecule has 2 amide bonds. The molecule has 1 aromatic carbocycles. The summed E-state index contributed by atoms with van der Waals surface area (Å²) in [5.74, 6) is -0.358. The minimum Gasteiger partial charge on any atom is -0.381 e. The molecule has 0 spiro atoms. The highest BCUT2D eigenvalue weighted by molar-refractivity contribution is 6.35. The van der Waals surface area contributed by atoms with Crippen LogP contribution < -0.4 is 0 Å². The zero-order chi connectivity index (χ0) is 21.5. The Hall–Kier alpha value is -2.18. The highest BCUT2D eigenvalue weighted by Gasteiger charge is 2.42. The smallest absolute Gasteiger partial charge is 0.277 e. The van der Waals surface area contributed by atoms with Gasteiger partial charge >= 0.3 is 0 Å². The summed E-state index contributed by atoms with van der Waals surface area (Å²) in [5, 5.41) is 0. The summed E-state index contributed by atoms with van der Waals surface area (Å²) in [4.78, 5) is 32.5. The molecule has 0 saturated carbocycles. The van der Waals surface area contributed by atoms with Crippen LogP contribution in [0.5, 0.6) is 0 Å². The summed E-state index contributed by atoms with van der Waals surface area (Å²) in [6, 6.07) is 9.86. The van der Waals surface area contributed by atoms with Crippen LogP contribution in [-0.2, 0) is 14.3 Å². The van der Waals surface area contributed by atoms with E-state index < -0.39 is 0 Å². The molecule has 3 rings (SSSR count). The second-order valence-corrected chi connectivity index (χ2v) is 8.32. The van der Waals surface area contributed by atoms with Gasteiger partial charge in [0.15, 0.2) is 0 Å². The lowest BCUT2D eigenvalue weighted by molar-refractivity contribution is -0.137. The predicted octanol–water partition coefficient (Wildman–Crippen LogP) is 3.00. The standard InChI is InChI=1S/C24H35N3O3/c1-4-5-17-30-18-9-14-27-23(28)21(19-10-7-6-8-11-19)22(24(27)29)26(3)20-12-15-25(2)16-13-20/h6-8,10-11,20H,4-5,9,12-18H2,1-3H3. The molecule has 1 fully saturated rings. The number of likely N-dealkylation sites (tertiary alicyclic amines) is 1. The minimum absolute atomic E-state index is 0.172. The number of carbonyl (C=O) groups excluding carboxylic acids is 2. The monoisotopic (exact) mass is 413 g/mol. The molecule has 6 nitrogen and oxygen atoms in total. The van der Waals surface area contributed by atoms with E-state index in [9.17, 15) is 9.59 Å². The minimum atomic E-state index is -0.186. The van der Waals surface area contributed by atoms with Gasteiger partial charge < -0.3 is 14.5 Å². The second-order valence-electron chi connectivity index (χ2n) is 8.32. The molecule has 1 saturated heterocycles. The fraction of sp³-hybridized carbons (Fsp3) is 0.583. The van der Waals surface area contributed by atoms with Crippen molar-refractivity contribution in [3.8, 4) is 0 Å². The van der Waals surface area contributed by atoms with E-state index in [1.54, 1.807) is 0 Å². The Bertz CT molecular complexity index is 754. The number of benzene rings is 1. The first-order chi connectivity index (χ1) is 14.5. The third-order valence-electron chi connectivity index (χ3n) is 6.11. The van der Waals surface area contributed by atoms with Gasteiger partial charge in [0.05, 0.1) is 5.57 Å². The third kappa shape index (κ3) is 5.10. The van der Waals surface area contributed by atoms with Crippen LogP contribution in [0.1, 0.15) is 44.6 Å². The van der Waals surface area contributed by atoms with Crippen LogP contribution in [0.3, 0.4) is 0 Å². The fourth-order valence-corrected chi connectivity index (χ4v) is 4.20. The number of hydrogen-bond acceptors (Lipinski definition) is 5. The number of rotatable bonds is 10. The van der Waals surface area contributed by atoms with Gasteiger partial charge in [-0.25, -0.2) is 0 Å². The maximum Gasteiger partial charge on any atom is 0.277 e. The zero-order valence-corrected chi connectivity index (χ0v) is 18.6. The maximum atomic E-state index is 13.4. The number of imide groups is 1. The van der Waals surface area contributed by atoms with Gasteiger partial charge in [0.2, 0.25) is 0 Å². The normalized spacial score (nSPS) is 18.6. The van der Waals surface area contributed by atoms with Gasteiger partial charge in [-0.05, 0) is 51.4 Å². The van der Waals surface area contributed by atoms with E-state index >= 15 is 0 Å². The number of likely N-dealkylation sites (N-methyl/N-ethyl adjacent to an activating group) is 1. The number of unbranched alkanes of at least 4 members (excludes halogenated alkanes) is 1. The molecule has 0 radical (unpaired) electrons. The molecule has 2 heterocycles. The number of nitrogens with zero attached hydrogens (tertiary/aromatic N) is 3. The average Bonchev–Trinajstić information content (AvgIpc) is 3.01. The molecule has 0 aliphatic carbocycles. The summed E-state index contributed by atoms with van der Waals surface area (Å²) in [6.45, 7) is 5.83. The van der Waals surface area contributed by atoms with Crippen LogP contribution in [0.25, 0.3) is 5.57 Å². The van der Waals surface area contributed by atoms with E-state index in [1.807, 2.05) is 37.4 Å². The van der Waals surface area contributed by atoms with Crippen molar-refractivity contribution in [1.29, 1.82) is 0 Å². The highest BCUT2D eigenvalue weighted by atomic mass is 16.5. The summed E-state index contributed by atoms with van der Waals surface area (Å²) >= 11 is 0. The molecule has 6 heteroatoms. The molecule has 164 valence electrons. The molecular formula is C24H35N3O3. The van der Waals surface area contributed by atoms with Gasteiger partial charge in [-0.15, -0.1) is 0 Å². The van der Waals surface area contributed by atoms with Crippen molar-refractivity contribution < 1.29 is 14.3 Å². The van der Waals surface area contributed by atoms with Gasteiger partial charge in [0, 0.05) is 32.8 Å². The van der Waals surface area contributed by atoms with E-state index in [4.69, 9.17) is 4.74 Å². The first-order valence-corrected chi connectivity index (χ1v) is 11.2. The molecule has 0 atom stereocenters. The van der Waals surface area contributed by atoms with Gasteiger partial charge in [-0.1, -0.05) is 43.7 Å². The van der Waals surface area contributed by atoms with Crippen LogP contribution >= 0.6 is 0 Å². The van der Waals surface area contributed by atoms with Crippen LogP contribution in [0.2, 0.25) is 0 Å². The van der Waals surface area contributed by atoms with Crippen molar-refractivity contribution in [1.82, 2.24) is 14.7 Å². The number of piperidine rings is 1. The molecule has 0 unspecified atom stereocenters. The topological polar surface area (TPSA) is 53.1 Å². The Morgan fingerprint density at radius 3 is 2.37 bits per heavy atom. The Labute approximate surface area is 180 Å². The lowest BCUT2D eigenvalue weighted by Gasteiger charge is -2.36. The second kappa shape index (κ2) is 10.7. The first kappa shape index (κ1) is 22.5. The lowest BCUT2D eigenvalue weighted by atomic mass is 10.0. The zero-order valence-electron chi connectivity index (χ0n) is 18.6. The molecule has 0 bridgehead atoms. The van der Waals surface area contributed by atoms with E-state index in [0.29, 0.717) is 30.8 Å². The number of hydrogen-bond donors (Lipinski definition) is 0. The molecule has 30 heavy (non-hydrogen) atoms. The third-order valence-corrected chi connectivity index (χ3v) is 6.11. The molecular weight excluding hydrogens is 378 g/mol. The van der Waals surface area contributed by atoms with Crippen LogP contribution in [-0.4, -0.2) is 79.5 Å². The van der Waals surface area contributed by atoms with Crippen molar-refractivity contribution in [2.75, 3.05) is 46.9 Å². The largest absolute Gasteiger partial charge is 0.381 e. The number of carbonyl (C=O) groups is 2. The van der Waals surface area contributed by atoms with Gasteiger partial charge in [-0.2, -0.15) is 0 Å². The number of amides is 2. The van der Waals surface area contributed by atoms with E-state index in [2.05, 4.69) is 23.8 Å². The van der Waals surface area contributed by atoms with Gasteiger partial charge in [-0.3, -0.25) is 14.5 Å². The molecule has 2 aliphatic rings. The summed E-state index contributed by atoms with van der Waals surface area (Å²) in [7, 11) is 4.09. The lowest BCUT2D eigenvalue weighted by Crippen LogP contribution is -2.43. The predicted molar refractivity (Wildman–Crippen MR) is 119 cm³/mol. The quantitative estimate of drug-likeness (QED) is 0.436. The van der Waals surface area contributed by atoms with Crippen molar-refractivity contribution in [2.45, 2.75) is 45.1 Å².